The van der Waals surface area contributed by atoms with E-state index in [0.29, 0.717) is 0 Å². The standard InChI is InChI=1S/C12H17N3OS/c1-9-11(17-8-14-9)5-7-15(2)12(16)10-4-3-6-13-10/h3-4,8,10,13H,5-7H2,1-2H3/t10-/m0/s1. The lowest BCUT2D eigenvalue weighted by molar-refractivity contribution is -0.130. The Hall–Kier alpha value is -1.20. The van der Waals surface area contributed by atoms with Crippen LogP contribution in [0.5, 0.6) is 0 Å². The minimum absolute atomic E-state index is 0.137. The van der Waals surface area contributed by atoms with Crippen LogP contribution in [0, 0.1) is 6.92 Å². The molecule has 17 heavy (non-hydrogen) atoms. The van der Waals surface area contributed by atoms with Crippen LogP contribution in [-0.4, -0.2) is 42.0 Å². The van der Waals surface area contributed by atoms with Gasteiger partial charge in [0.2, 0.25) is 5.91 Å². The van der Waals surface area contributed by atoms with E-state index in [2.05, 4.69) is 10.3 Å². The van der Waals surface area contributed by atoms with Gasteiger partial charge >= 0.3 is 0 Å². The van der Waals surface area contributed by atoms with Crippen molar-refractivity contribution in [3.8, 4) is 0 Å². The first kappa shape index (κ1) is 12.3. The summed E-state index contributed by atoms with van der Waals surface area (Å²) in [5.74, 6) is 0.140. The summed E-state index contributed by atoms with van der Waals surface area (Å²) < 4.78 is 0. The third-order valence-corrected chi connectivity index (χ3v) is 3.94. The van der Waals surface area contributed by atoms with E-state index in [1.807, 2.05) is 31.6 Å². The van der Waals surface area contributed by atoms with Crippen LogP contribution in [0.15, 0.2) is 17.7 Å². The van der Waals surface area contributed by atoms with Crippen molar-refractivity contribution in [1.82, 2.24) is 15.2 Å². The minimum Gasteiger partial charge on any atom is -0.344 e. The Bertz CT molecular complexity index is 427. The number of amides is 1. The molecule has 5 heteroatoms. The molecule has 0 saturated heterocycles. The van der Waals surface area contributed by atoms with Crippen molar-refractivity contribution in [3.05, 3.63) is 28.2 Å². The molecule has 1 atom stereocenters. The normalized spacial score (nSPS) is 18.6. The molecule has 0 fully saturated rings. The average molecular weight is 251 g/mol. The quantitative estimate of drug-likeness (QED) is 0.811. The number of carbonyl (C=O) groups is 1. The number of hydrogen-bond acceptors (Lipinski definition) is 4. The number of carbonyl (C=O) groups excluding carboxylic acids is 1. The maximum atomic E-state index is 12.0. The number of hydrogen-bond donors (Lipinski definition) is 1. The van der Waals surface area contributed by atoms with E-state index in [1.165, 1.54) is 4.88 Å². The molecule has 1 N–H and O–H groups in total. The van der Waals surface area contributed by atoms with Crippen molar-refractivity contribution in [2.75, 3.05) is 20.1 Å². The average Bonchev–Trinajstić information content (AvgIpc) is 2.96. The highest BCUT2D eigenvalue weighted by Crippen LogP contribution is 2.13. The molecule has 4 nitrogen and oxygen atoms in total. The Morgan fingerprint density at radius 3 is 3.12 bits per heavy atom. The molecule has 0 aliphatic carbocycles. The fourth-order valence-electron chi connectivity index (χ4n) is 1.82. The van der Waals surface area contributed by atoms with E-state index in [4.69, 9.17) is 0 Å². The van der Waals surface area contributed by atoms with Gasteiger partial charge in [0.25, 0.3) is 0 Å². The number of likely N-dealkylation sites (N-methyl/N-ethyl adjacent to an activating group) is 1. The second kappa shape index (κ2) is 5.42. The number of nitrogens with one attached hydrogen (secondary N) is 1. The Morgan fingerprint density at radius 1 is 1.71 bits per heavy atom. The van der Waals surface area contributed by atoms with Gasteiger partial charge in [-0.3, -0.25) is 10.1 Å². The molecule has 2 rings (SSSR count). The van der Waals surface area contributed by atoms with Crippen molar-refractivity contribution >= 4 is 17.2 Å². The number of aromatic nitrogens is 1. The molecule has 1 aliphatic rings. The first-order valence-corrected chi connectivity index (χ1v) is 6.60. The maximum absolute atomic E-state index is 12.0. The molecule has 1 aromatic rings. The number of nitrogens with zero attached hydrogens (tertiary/aromatic N) is 2. The SMILES string of the molecule is Cc1ncsc1CCN(C)C(=O)[C@@H]1C=CCN1. The van der Waals surface area contributed by atoms with Crippen LogP contribution in [0.1, 0.15) is 10.6 Å². The van der Waals surface area contributed by atoms with Gasteiger partial charge in [-0.25, -0.2) is 4.98 Å². The smallest absolute Gasteiger partial charge is 0.243 e. The Balaban J connectivity index is 1.84. The van der Waals surface area contributed by atoms with Gasteiger partial charge in [0.15, 0.2) is 0 Å². The van der Waals surface area contributed by atoms with Crippen molar-refractivity contribution < 1.29 is 4.79 Å². The van der Waals surface area contributed by atoms with Crippen LogP contribution in [0.2, 0.25) is 0 Å². The second-order valence-electron chi connectivity index (χ2n) is 4.18. The van der Waals surface area contributed by atoms with Crippen molar-refractivity contribution in [2.24, 2.45) is 0 Å². The molecule has 0 saturated carbocycles. The molecule has 1 amide bonds. The lowest BCUT2D eigenvalue weighted by Crippen LogP contribution is -2.42. The van der Waals surface area contributed by atoms with E-state index < -0.39 is 0 Å². The van der Waals surface area contributed by atoms with Crippen LogP contribution in [-0.2, 0) is 11.2 Å². The van der Waals surface area contributed by atoms with Gasteiger partial charge in [-0.05, 0) is 6.92 Å². The van der Waals surface area contributed by atoms with Gasteiger partial charge in [-0.1, -0.05) is 12.2 Å². The van der Waals surface area contributed by atoms with Crippen molar-refractivity contribution in [3.63, 3.8) is 0 Å². The van der Waals surface area contributed by atoms with Crippen LogP contribution < -0.4 is 5.32 Å². The summed E-state index contributed by atoms with van der Waals surface area (Å²) in [6, 6.07) is -0.137. The monoisotopic (exact) mass is 251 g/mol. The first-order valence-electron chi connectivity index (χ1n) is 5.72. The highest BCUT2D eigenvalue weighted by molar-refractivity contribution is 7.09. The fourth-order valence-corrected chi connectivity index (χ4v) is 2.59. The van der Waals surface area contributed by atoms with E-state index in [9.17, 15) is 4.79 Å². The van der Waals surface area contributed by atoms with E-state index in [-0.39, 0.29) is 11.9 Å². The van der Waals surface area contributed by atoms with E-state index >= 15 is 0 Å². The first-order chi connectivity index (χ1) is 8.18. The lowest BCUT2D eigenvalue weighted by Gasteiger charge is -2.20. The Labute approximate surface area is 105 Å². The van der Waals surface area contributed by atoms with Crippen molar-refractivity contribution in [1.29, 1.82) is 0 Å². The van der Waals surface area contributed by atoms with Crippen LogP contribution in [0.25, 0.3) is 0 Å². The number of rotatable bonds is 4. The van der Waals surface area contributed by atoms with Crippen LogP contribution >= 0.6 is 11.3 Å². The molecule has 1 aromatic heterocycles. The van der Waals surface area contributed by atoms with Gasteiger partial charge in [0.05, 0.1) is 11.2 Å². The second-order valence-corrected chi connectivity index (χ2v) is 5.12. The molecular weight excluding hydrogens is 234 g/mol. The third kappa shape index (κ3) is 2.92. The third-order valence-electron chi connectivity index (χ3n) is 2.95. The van der Waals surface area contributed by atoms with Gasteiger partial charge in [-0.15, -0.1) is 11.3 Å². The fraction of sp³-hybridized carbons (Fsp3) is 0.500. The minimum atomic E-state index is -0.137. The zero-order valence-corrected chi connectivity index (χ0v) is 11.0. The van der Waals surface area contributed by atoms with Crippen LogP contribution in [0.4, 0.5) is 0 Å². The van der Waals surface area contributed by atoms with Gasteiger partial charge in [0.1, 0.15) is 6.04 Å². The predicted octanol–water partition coefficient (Wildman–Crippen LogP) is 0.980. The van der Waals surface area contributed by atoms with E-state index in [0.717, 1.165) is 25.2 Å². The molecule has 92 valence electrons. The summed E-state index contributed by atoms with van der Waals surface area (Å²) in [4.78, 5) is 19.2. The summed E-state index contributed by atoms with van der Waals surface area (Å²) in [6.07, 6.45) is 4.80. The summed E-state index contributed by atoms with van der Waals surface area (Å²) in [5, 5.41) is 3.13. The number of aryl methyl sites for hydroxylation is 1. The summed E-state index contributed by atoms with van der Waals surface area (Å²) in [6.45, 7) is 3.54. The Morgan fingerprint density at radius 2 is 2.53 bits per heavy atom. The van der Waals surface area contributed by atoms with E-state index in [1.54, 1.807) is 16.2 Å². The highest BCUT2D eigenvalue weighted by atomic mass is 32.1. The molecule has 0 bridgehead atoms. The molecule has 1 aliphatic heterocycles. The molecule has 0 radical (unpaired) electrons. The summed E-state index contributed by atoms with van der Waals surface area (Å²) in [5.41, 5.74) is 2.93. The Kier molecular flexibility index (Phi) is 3.91. The lowest BCUT2D eigenvalue weighted by atomic mass is 10.2. The molecule has 0 spiro atoms. The van der Waals surface area contributed by atoms with Gasteiger partial charge in [-0.2, -0.15) is 0 Å². The van der Waals surface area contributed by atoms with Crippen LogP contribution in [0.3, 0.4) is 0 Å². The highest BCUT2D eigenvalue weighted by Gasteiger charge is 2.21. The molecule has 0 unspecified atom stereocenters. The van der Waals surface area contributed by atoms with Gasteiger partial charge in [0, 0.05) is 31.4 Å². The van der Waals surface area contributed by atoms with Gasteiger partial charge < -0.3 is 4.90 Å². The predicted molar refractivity (Wildman–Crippen MR) is 69.1 cm³/mol. The zero-order chi connectivity index (χ0) is 12.3. The molecule has 0 aromatic carbocycles. The summed E-state index contributed by atoms with van der Waals surface area (Å²) >= 11 is 1.66. The molecular formula is C12H17N3OS. The summed E-state index contributed by atoms with van der Waals surface area (Å²) in [7, 11) is 1.85. The topological polar surface area (TPSA) is 45.2 Å². The van der Waals surface area contributed by atoms with Crippen molar-refractivity contribution in [2.45, 2.75) is 19.4 Å². The maximum Gasteiger partial charge on any atom is 0.243 e. The number of thiazole rings is 1. The molecule has 2 heterocycles. The zero-order valence-electron chi connectivity index (χ0n) is 10.1. The largest absolute Gasteiger partial charge is 0.344 e.